The maximum absolute atomic E-state index is 11.6. The highest BCUT2D eigenvalue weighted by atomic mass is 16.6. The van der Waals surface area contributed by atoms with E-state index in [0.717, 1.165) is 38.0 Å². The van der Waals surface area contributed by atoms with Crippen LogP contribution in [-0.4, -0.2) is 62.9 Å². The molecule has 2 fully saturated rings. The lowest BCUT2D eigenvalue weighted by Gasteiger charge is -2.39. The molecule has 6 nitrogen and oxygen atoms in total. The summed E-state index contributed by atoms with van der Waals surface area (Å²) in [6.45, 7) is 2.54. The number of likely N-dealkylation sites (N-methyl/N-ethyl adjacent to an activating group) is 1. The molecule has 0 aromatic heterocycles. The first-order chi connectivity index (χ1) is 12.0. The summed E-state index contributed by atoms with van der Waals surface area (Å²) in [4.78, 5) is 15.5. The van der Waals surface area contributed by atoms with Gasteiger partial charge in [0.15, 0.2) is 0 Å². The average molecular weight is 343 g/mol. The van der Waals surface area contributed by atoms with Gasteiger partial charge in [0.1, 0.15) is 6.61 Å². The first-order valence-corrected chi connectivity index (χ1v) is 8.72. The smallest absolute Gasteiger partial charge is 0.248 e. The summed E-state index contributed by atoms with van der Waals surface area (Å²) in [7, 11) is 3.47. The lowest BCUT2D eigenvalue weighted by Crippen LogP contribution is -2.44. The summed E-state index contributed by atoms with van der Waals surface area (Å²) in [6.07, 6.45) is 2.77. The van der Waals surface area contributed by atoms with Gasteiger partial charge in [-0.2, -0.15) is 5.26 Å². The number of hydrogen-bond donors (Lipinski definition) is 0. The summed E-state index contributed by atoms with van der Waals surface area (Å²) < 4.78 is 11.8. The Bertz CT molecular complexity index is 643. The monoisotopic (exact) mass is 343 g/mol. The predicted molar refractivity (Wildman–Crippen MR) is 94.3 cm³/mol. The fraction of sp³-hybridized carbons (Fsp3) is 0.579. The molecule has 0 radical (unpaired) electrons. The molecular weight excluding hydrogens is 318 g/mol. The molecule has 1 amide bonds. The lowest BCUT2D eigenvalue weighted by atomic mass is 9.87. The number of nitrogens with zero attached hydrogens (tertiary/aromatic N) is 3. The Kier molecular flexibility index (Phi) is 5.26. The summed E-state index contributed by atoms with van der Waals surface area (Å²) >= 11 is 0. The molecule has 1 atom stereocenters. The number of carbonyl (C=O) groups is 1. The topological polar surface area (TPSA) is 65.8 Å². The number of nitriles is 1. The number of amides is 1. The SMILES string of the molecule is CN(C)C(=O)CO[C@H]1COC2(CCN(c3ccc(C#N)cc3)CC2)C1. The van der Waals surface area contributed by atoms with Crippen molar-refractivity contribution in [2.24, 2.45) is 0 Å². The molecule has 1 aromatic carbocycles. The van der Waals surface area contributed by atoms with Crippen molar-refractivity contribution in [2.45, 2.75) is 31.0 Å². The van der Waals surface area contributed by atoms with Crippen LogP contribution in [0.4, 0.5) is 5.69 Å². The van der Waals surface area contributed by atoms with Crippen LogP contribution in [0.2, 0.25) is 0 Å². The summed E-state index contributed by atoms with van der Waals surface area (Å²) in [5.74, 6) is -0.0171. The van der Waals surface area contributed by atoms with E-state index in [1.807, 2.05) is 24.3 Å². The third-order valence-electron chi connectivity index (χ3n) is 5.15. The molecule has 6 heteroatoms. The molecule has 134 valence electrons. The van der Waals surface area contributed by atoms with Gasteiger partial charge in [-0.25, -0.2) is 0 Å². The summed E-state index contributed by atoms with van der Waals surface area (Å²) in [5.41, 5.74) is 1.72. The van der Waals surface area contributed by atoms with E-state index in [1.54, 1.807) is 19.0 Å². The highest BCUT2D eigenvalue weighted by molar-refractivity contribution is 5.76. The van der Waals surface area contributed by atoms with Crippen LogP contribution >= 0.6 is 0 Å². The van der Waals surface area contributed by atoms with Crippen molar-refractivity contribution >= 4 is 11.6 Å². The Balaban J connectivity index is 1.50. The molecule has 25 heavy (non-hydrogen) atoms. The highest BCUT2D eigenvalue weighted by Crippen LogP contribution is 2.38. The third-order valence-corrected chi connectivity index (χ3v) is 5.15. The largest absolute Gasteiger partial charge is 0.372 e. The van der Waals surface area contributed by atoms with Crippen molar-refractivity contribution in [3.8, 4) is 6.07 Å². The Labute approximate surface area is 148 Å². The third kappa shape index (κ3) is 4.12. The normalized spacial score (nSPS) is 22.0. The molecule has 2 aliphatic rings. The Hall–Kier alpha value is -2.10. The van der Waals surface area contributed by atoms with E-state index in [2.05, 4.69) is 11.0 Å². The molecule has 3 rings (SSSR count). The molecule has 2 saturated heterocycles. The van der Waals surface area contributed by atoms with Gasteiger partial charge < -0.3 is 19.3 Å². The van der Waals surface area contributed by atoms with E-state index in [0.29, 0.717) is 12.2 Å². The number of benzene rings is 1. The quantitative estimate of drug-likeness (QED) is 0.834. The van der Waals surface area contributed by atoms with Crippen molar-refractivity contribution in [1.29, 1.82) is 5.26 Å². The molecule has 2 aliphatic heterocycles. The van der Waals surface area contributed by atoms with Crippen molar-refractivity contribution in [2.75, 3.05) is 45.3 Å². The molecule has 0 N–H and O–H groups in total. The molecule has 1 aromatic rings. The summed E-state index contributed by atoms with van der Waals surface area (Å²) in [6, 6.07) is 9.88. The maximum Gasteiger partial charge on any atom is 0.248 e. The van der Waals surface area contributed by atoms with Gasteiger partial charge >= 0.3 is 0 Å². The molecule has 0 aliphatic carbocycles. The average Bonchev–Trinajstić information content (AvgIpc) is 3.03. The van der Waals surface area contributed by atoms with Crippen LogP contribution < -0.4 is 4.90 Å². The molecule has 0 saturated carbocycles. The van der Waals surface area contributed by atoms with E-state index < -0.39 is 0 Å². The number of anilines is 1. The fourth-order valence-electron chi connectivity index (χ4n) is 3.50. The Morgan fingerprint density at radius 3 is 2.64 bits per heavy atom. The number of rotatable bonds is 4. The molecule has 0 unspecified atom stereocenters. The first-order valence-electron chi connectivity index (χ1n) is 8.72. The number of ether oxygens (including phenoxy) is 2. The van der Waals surface area contributed by atoms with Gasteiger partial charge in [-0.3, -0.25) is 4.79 Å². The molecule has 2 heterocycles. The minimum atomic E-state index is -0.116. The maximum atomic E-state index is 11.6. The van der Waals surface area contributed by atoms with Crippen LogP contribution in [0.3, 0.4) is 0 Å². The highest BCUT2D eigenvalue weighted by Gasteiger charge is 2.43. The van der Waals surface area contributed by atoms with Gasteiger partial charge in [0.05, 0.1) is 29.9 Å². The van der Waals surface area contributed by atoms with Gasteiger partial charge in [0, 0.05) is 39.3 Å². The van der Waals surface area contributed by atoms with Crippen LogP contribution in [-0.2, 0) is 14.3 Å². The zero-order valence-corrected chi connectivity index (χ0v) is 14.9. The Morgan fingerprint density at radius 1 is 1.36 bits per heavy atom. The second kappa shape index (κ2) is 7.42. The van der Waals surface area contributed by atoms with E-state index in [4.69, 9.17) is 14.7 Å². The van der Waals surface area contributed by atoms with Crippen molar-refractivity contribution in [3.63, 3.8) is 0 Å². The van der Waals surface area contributed by atoms with Crippen LogP contribution in [0.5, 0.6) is 0 Å². The van der Waals surface area contributed by atoms with Crippen molar-refractivity contribution in [1.82, 2.24) is 4.90 Å². The van der Waals surface area contributed by atoms with Gasteiger partial charge in [-0.05, 0) is 37.1 Å². The fourth-order valence-corrected chi connectivity index (χ4v) is 3.50. The van der Waals surface area contributed by atoms with E-state index in [9.17, 15) is 4.79 Å². The minimum Gasteiger partial charge on any atom is -0.372 e. The molecular formula is C19H25N3O3. The standard InChI is InChI=1S/C19H25N3O3/c1-21(2)18(23)14-24-17-11-19(25-13-17)7-9-22(10-8-19)16-5-3-15(12-20)4-6-16/h3-6,17H,7-11,13-14H2,1-2H3/t17-/m1/s1. The first kappa shape index (κ1) is 17.7. The zero-order valence-electron chi connectivity index (χ0n) is 14.9. The van der Waals surface area contributed by atoms with Crippen LogP contribution in [0.1, 0.15) is 24.8 Å². The number of piperidine rings is 1. The minimum absolute atomic E-state index is 0.00496. The molecule has 1 spiro atoms. The van der Waals surface area contributed by atoms with E-state index >= 15 is 0 Å². The second-order valence-corrected chi connectivity index (χ2v) is 7.07. The molecule has 0 bridgehead atoms. The Morgan fingerprint density at radius 2 is 2.04 bits per heavy atom. The van der Waals surface area contributed by atoms with Crippen LogP contribution in [0.15, 0.2) is 24.3 Å². The summed E-state index contributed by atoms with van der Waals surface area (Å²) in [5, 5.41) is 8.90. The van der Waals surface area contributed by atoms with Gasteiger partial charge in [-0.15, -0.1) is 0 Å². The number of carbonyl (C=O) groups excluding carboxylic acids is 1. The van der Waals surface area contributed by atoms with E-state index in [-0.39, 0.29) is 24.2 Å². The predicted octanol–water partition coefficient (Wildman–Crippen LogP) is 1.79. The number of hydrogen-bond acceptors (Lipinski definition) is 5. The van der Waals surface area contributed by atoms with Crippen LogP contribution in [0, 0.1) is 11.3 Å². The van der Waals surface area contributed by atoms with Crippen molar-refractivity contribution < 1.29 is 14.3 Å². The second-order valence-electron chi connectivity index (χ2n) is 7.07. The van der Waals surface area contributed by atoms with Crippen LogP contribution in [0.25, 0.3) is 0 Å². The van der Waals surface area contributed by atoms with Gasteiger partial charge in [-0.1, -0.05) is 0 Å². The van der Waals surface area contributed by atoms with Gasteiger partial charge in [0.2, 0.25) is 5.91 Å². The lowest BCUT2D eigenvalue weighted by molar-refractivity contribution is -0.135. The van der Waals surface area contributed by atoms with Crippen molar-refractivity contribution in [3.05, 3.63) is 29.8 Å². The zero-order chi connectivity index (χ0) is 17.9. The van der Waals surface area contributed by atoms with E-state index in [1.165, 1.54) is 0 Å². The van der Waals surface area contributed by atoms with Gasteiger partial charge in [0.25, 0.3) is 0 Å².